The number of aliphatic hydroxyl groups excluding tert-OH is 1. The zero-order valence-electron chi connectivity index (χ0n) is 15.7. The Labute approximate surface area is 170 Å². The maximum absolute atomic E-state index is 14.5. The van der Waals surface area contributed by atoms with Crippen molar-refractivity contribution in [2.45, 2.75) is 48.3 Å². The molecule has 0 aliphatic heterocycles. The van der Waals surface area contributed by atoms with Crippen LogP contribution in [0.5, 0.6) is 0 Å². The summed E-state index contributed by atoms with van der Waals surface area (Å²) in [6.45, 7) is 0. The fraction of sp³-hybridized carbons (Fsp3) is 0.381. The highest BCUT2D eigenvalue weighted by molar-refractivity contribution is 7.90. The molecule has 4 nitrogen and oxygen atoms in total. The molecule has 0 saturated heterocycles. The van der Waals surface area contributed by atoms with Crippen molar-refractivity contribution in [1.29, 1.82) is 5.26 Å². The first-order chi connectivity index (χ1) is 14.0. The summed E-state index contributed by atoms with van der Waals surface area (Å²) in [6.07, 6.45) is -7.31. The number of fused-ring (bicyclic) bond motifs is 2. The molecule has 0 amide bonds. The van der Waals surface area contributed by atoms with Gasteiger partial charge in [-0.25, -0.2) is 26.0 Å². The van der Waals surface area contributed by atoms with Gasteiger partial charge in [-0.2, -0.15) is 5.26 Å². The van der Waals surface area contributed by atoms with E-state index in [1.807, 2.05) is 0 Å². The van der Waals surface area contributed by atoms with E-state index in [4.69, 9.17) is 0 Å². The van der Waals surface area contributed by atoms with Crippen molar-refractivity contribution >= 4 is 9.84 Å². The lowest BCUT2D eigenvalue weighted by atomic mass is 9.74. The van der Waals surface area contributed by atoms with Crippen LogP contribution in [0, 0.1) is 17.1 Å². The third-order valence-electron chi connectivity index (χ3n) is 5.89. The molecule has 9 heteroatoms. The summed E-state index contributed by atoms with van der Waals surface area (Å²) < 4.78 is 81.6. The van der Waals surface area contributed by atoms with E-state index in [1.54, 1.807) is 6.07 Å². The molecule has 5 atom stereocenters. The average molecular weight is 439 g/mol. The van der Waals surface area contributed by atoms with Gasteiger partial charge in [-0.1, -0.05) is 6.07 Å². The van der Waals surface area contributed by atoms with Crippen molar-refractivity contribution in [3.05, 3.63) is 63.5 Å². The first kappa shape index (κ1) is 20.8. The maximum atomic E-state index is 14.5. The minimum atomic E-state index is -3.79. The number of alkyl halides is 3. The Bertz CT molecular complexity index is 1190. The van der Waals surface area contributed by atoms with E-state index < -0.39 is 46.2 Å². The molecule has 0 unspecified atom stereocenters. The van der Waals surface area contributed by atoms with Crippen LogP contribution in [-0.4, -0.2) is 32.1 Å². The quantitative estimate of drug-likeness (QED) is 0.720. The lowest BCUT2D eigenvalue weighted by Gasteiger charge is -2.33. The molecule has 0 saturated carbocycles. The van der Waals surface area contributed by atoms with Crippen molar-refractivity contribution in [3.63, 3.8) is 0 Å². The monoisotopic (exact) mass is 439 g/mol. The molecule has 4 rings (SSSR count). The first-order valence-corrected chi connectivity index (χ1v) is 11.1. The molecule has 0 radical (unpaired) electrons. The molecule has 2 aliphatic carbocycles. The summed E-state index contributed by atoms with van der Waals surface area (Å²) in [7, 11) is -3.79. The predicted octanol–water partition coefficient (Wildman–Crippen LogP) is 3.91. The minimum Gasteiger partial charge on any atom is -0.385 e. The largest absolute Gasteiger partial charge is 0.385 e. The third kappa shape index (κ3) is 3.10. The number of halogens is 4. The minimum absolute atomic E-state index is 0.0950. The second-order valence-corrected chi connectivity index (χ2v) is 9.74. The van der Waals surface area contributed by atoms with E-state index in [0.717, 1.165) is 18.4 Å². The summed E-state index contributed by atoms with van der Waals surface area (Å²) in [5.41, 5.74) is 0.0587. The summed E-state index contributed by atoms with van der Waals surface area (Å²) in [4.78, 5) is -0.232. The third-order valence-corrected chi connectivity index (χ3v) is 7.04. The van der Waals surface area contributed by atoms with Crippen LogP contribution in [-0.2, 0) is 16.3 Å². The number of hydrogen-bond donors (Lipinski definition) is 1. The van der Waals surface area contributed by atoms with Crippen LogP contribution in [0.1, 0.15) is 58.0 Å². The second kappa shape index (κ2) is 7.06. The SMILES string of the molecule is CS(=O)(=O)c1ccc([C@H]2C[C@H](F)[C@H](F)c3cc(F)cc(C#N)c32)c2c1[C@H](O)[C@H](F)C2. The molecule has 2 aromatic carbocycles. The smallest absolute Gasteiger partial charge is 0.175 e. The van der Waals surface area contributed by atoms with Crippen molar-refractivity contribution in [3.8, 4) is 6.07 Å². The number of nitriles is 1. The van der Waals surface area contributed by atoms with Gasteiger partial charge in [-0.05, 0) is 46.9 Å². The summed E-state index contributed by atoms with van der Waals surface area (Å²) in [5.74, 6) is -1.80. The van der Waals surface area contributed by atoms with E-state index in [2.05, 4.69) is 0 Å². The lowest BCUT2D eigenvalue weighted by Crippen LogP contribution is -2.25. The molecular formula is C21H17F4NO3S. The fourth-order valence-electron chi connectivity index (χ4n) is 4.64. The zero-order valence-corrected chi connectivity index (χ0v) is 16.6. The number of benzene rings is 2. The Morgan fingerprint density at radius 1 is 1.10 bits per heavy atom. The van der Waals surface area contributed by atoms with Gasteiger partial charge in [-0.3, -0.25) is 0 Å². The van der Waals surface area contributed by atoms with Crippen LogP contribution >= 0.6 is 0 Å². The molecule has 30 heavy (non-hydrogen) atoms. The standard InChI is InChI=1S/C21H17F4NO3S/c1-30(28,29)17-3-2-11(13-7-16(24)21(27)19(13)17)12-6-15(23)20(25)14-5-10(22)4-9(8-26)18(12)14/h2-5,12,15-16,20-21,27H,6-7H2,1H3/t12-,15+,16-,20-,21-/m1/s1. The maximum Gasteiger partial charge on any atom is 0.175 e. The first-order valence-electron chi connectivity index (χ1n) is 9.24. The van der Waals surface area contributed by atoms with Gasteiger partial charge in [-0.15, -0.1) is 0 Å². The zero-order chi connectivity index (χ0) is 22.0. The number of aliphatic hydroxyl groups is 1. The van der Waals surface area contributed by atoms with Crippen LogP contribution in [0.4, 0.5) is 17.6 Å². The van der Waals surface area contributed by atoms with Crippen LogP contribution in [0.15, 0.2) is 29.2 Å². The molecule has 158 valence electrons. The number of rotatable bonds is 2. The van der Waals surface area contributed by atoms with Crippen molar-refractivity contribution < 1.29 is 31.1 Å². The second-order valence-electron chi connectivity index (χ2n) is 7.76. The van der Waals surface area contributed by atoms with E-state index >= 15 is 0 Å². The normalized spacial score (nSPS) is 28.0. The highest BCUT2D eigenvalue weighted by atomic mass is 32.2. The molecule has 1 N–H and O–H groups in total. The lowest BCUT2D eigenvalue weighted by molar-refractivity contribution is 0.0907. The van der Waals surface area contributed by atoms with Crippen molar-refractivity contribution in [2.24, 2.45) is 0 Å². The highest BCUT2D eigenvalue weighted by Gasteiger charge is 2.43. The van der Waals surface area contributed by atoms with E-state index in [9.17, 15) is 36.3 Å². The van der Waals surface area contributed by atoms with Crippen LogP contribution < -0.4 is 0 Å². The Kier molecular flexibility index (Phi) is 4.90. The Balaban J connectivity index is 2.00. The molecule has 2 aromatic rings. The van der Waals surface area contributed by atoms with E-state index in [0.29, 0.717) is 5.56 Å². The Morgan fingerprint density at radius 3 is 2.43 bits per heavy atom. The van der Waals surface area contributed by atoms with Crippen LogP contribution in [0.25, 0.3) is 0 Å². The molecule has 2 aliphatic rings. The van der Waals surface area contributed by atoms with Crippen LogP contribution in [0.2, 0.25) is 0 Å². The number of hydrogen-bond acceptors (Lipinski definition) is 4. The van der Waals surface area contributed by atoms with Crippen molar-refractivity contribution in [2.75, 3.05) is 6.26 Å². The Morgan fingerprint density at radius 2 is 1.80 bits per heavy atom. The van der Waals surface area contributed by atoms with Gasteiger partial charge in [0.05, 0.1) is 16.5 Å². The number of nitrogens with zero attached hydrogens (tertiary/aromatic N) is 1. The van der Waals surface area contributed by atoms with Crippen LogP contribution in [0.3, 0.4) is 0 Å². The fourth-order valence-corrected chi connectivity index (χ4v) is 5.60. The summed E-state index contributed by atoms with van der Waals surface area (Å²) >= 11 is 0. The Hall–Kier alpha value is -2.44. The molecule has 0 spiro atoms. The van der Waals surface area contributed by atoms with Gasteiger partial charge in [0.25, 0.3) is 0 Å². The molecule has 0 fully saturated rings. The van der Waals surface area contributed by atoms with Gasteiger partial charge < -0.3 is 5.11 Å². The summed E-state index contributed by atoms with van der Waals surface area (Å²) in [5, 5.41) is 19.7. The predicted molar refractivity (Wildman–Crippen MR) is 99.4 cm³/mol. The molecule has 0 heterocycles. The topological polar surface area (TPSA) is 78.2 Å². The van der Waals surface area contributed by atoms with Gasteiger partial charge in [0.2, 0.25) is 0 Å². The van der Waals surface area contributed by atoms with Gasteiger partial charge >= 0.3 is 0 Å². The van der Waals surface area contributed by atoms with Gasteiger partial charge in [0, 0.05) is 24.2 Å². The van der Waals surface area contributed by atoms with E-state index in [1.165, 1.54) is 12.1 Å². The molecular weight excluding hydrogens is 422 g/mol. The molecule has 0 bridgehead atoms. The summed E-state index contributed by atoms with van der Waals surface area (Å²) in [6, 6.07) is 6.16. The van der Waals surface area contributed by atoms with Crippen molar-refractivity contribution in [1.82, 2.24) is 0 Å². The highest BCUT2D eigenvalue weighted by Crippen LogP contribution is 2.50. The van der Waals surface area contributed by atoms with E-state index in [-0.39, 0.29) is 45.6 Å². The number of sulfone groups is 1. The average Bonchev–Trinajstić information content (AvgIpc) is 2.97. The van der Waals surface area contributed by atoms with Gasteiger partial charge in [0.1, 0.15) is 24.3 Å². The van der Waals surface area contributed by atoms with Gasteiger partial charge in [0.15, 0.2) is 16.0 Å². The molecule has 0 aromatic heterocycles.